The monoisotopic (exact) mass is 306 g/mol. The van der Waals surface area contributed by atoms with Crippen LogP contribution in [0.4, 0.5) is 0 Å². The van der Waals surface area contributed by atoms with Gasteiger partial charge in [0.05, 0.1) is 12.1 Å². The molecule has 1 saturated heterocycles. The molecule has 0 aliphatic carbocycles. The van der Waals surface area contributed by atoms with E-state index < -0.39 is 0 Å². The van der Waals surface area contributed by atoms with Crippen molar-refractivity contribution in [1.29, 1.82) is 0 Å². The fourth-order valence-electron chi connectivity index (χ4n) is 4.22. The van der Waals surface area contributed by atoms with Crippen molar-refractivity contribution in [2.45, 2.75) is 63.5 Å². The first kappa shape index (κ1) is 13.5. The molecule has 4 nitrogen and oxygen atoms in total. The predicted octanol–water partition coefficient (Wildman–Crippen LogP) is 3.48. The lowest BCUT2D eigenvalue weighted by molar-refractivity contribution is 0.527. The van der Waals surface area contributed by atoms with Crippen molar-refractivity contribution in [3.8, 4) is 0 Å². The fraction of sp³-hybridized carbons (Fsp3) is 0.526. The van der Waals surface area contributed by atoms with E-state index in [4.69, 9.17) is 15.0 Å². The molecular formula is C19H22N4. The molecule has 5 rings (SSSR count). The highest BCUT2D eigenvalue weighted by atomic mass is 15.0. The summed E-state index contributed by atoms with van der Waals surface area (Å²) in [6.45, 7) is 0. The molecule has 8 bridgehead atoms. The van der Waals surface area contributed by atoms with Crippen LogP contribution in [0.1, 0.15) is 51.4 Å². The summed E-state index contributed by atoms with van der Waals surface area (Å²) in [5.41, 5.74) is 7.53. The van der Waals surface area contributed by atoms with Crippen molar-refractivity contribution in [3.63, 3.8) is 0 Å². The molecule has 0 spiro atoms. The van der Waals surface area contributed by atoms with E-state index in [0.717, 1.165) is 51.4 Å². The van der Waals surface area contributed by atoms with Gasteiger partial charge in [-0.3, -0.25) is 15.0 Å². The highest BCUT2D eigenvalue weighted by Gasteiger charge is 2.29. The van der Waals surface area contributed by atoms with Gasteiger partial charge in [0.15, 0.2) is 0 Å². The highest BCUT2D eigenvalue weighted by molar-refractivity contribution is 6.01. The molecule has 0 unspecified atom stereocenters. The standard InChI is InChI=1S/C19H22N4/c1-3-14-10-16-5-7-18(22-16)19-8-6-17(23-19)11-15-4-2-13(21-15)9-12(1)20-14/h9-11,18-20H,1-8H2/b12-9-,14-10-,15-11-/t18-,19-/m1/s1. The lowest BCUT2D eigenvalue weighted by atomic mass is 10.0. The van der Waals surface area contributed by atoms with E-state index >= 15 is 0 Å². The Morgan fingerprint density at radius 2 is 1.35 bits per heavy atom. The number of aliphatic imine (C=N–C) groups is 3. The second-order valence-corrected chi connectivity index (χ2v) is 7.16. The summed E-state index contributed by atoms with van der Waals surface area (Å²) in [7, 11) is 0. The molecule has 0 amide bonds. The van der Waals surface area contributed by atoms with Gasteiger partial charge in [-0.05, 0) is 69.6 Å². The van der Waals surface area contributed by atoms with Crippen molar-refractivity contribution >= 4 is 17.1 Å². The summed E-state index contributed by atoms with van der Waals surface area (Å²) in [6, 6.07) is 0.778. The van der Waals surface area contributed by atoms with Crippen molar-refractivity contribution in [2.24, 2.45) is 15.0 Å². The van der Waals surface area contributed by atoms with Gasteiger partial charge in [-0.25, -0.2) is 0 Å². The van der Waals surface area contributed by atoms with Crippen LogP contribution in [0.5, 0.6) is 0 Å². The average Bonchev–Trinajstić information content (AvgIpc) is 3.28. The molecule has 0 aromatic heterocycles. The van der Waals surface area contributed by atoms with Crippen molar-refractivity contribution in [1.82, 2.24) is 5.32 Å². The first-order chi connectivity index (χ1) is 11.3. The lowest BCUT2D eigenvalue weighted by Gasteiger charge is -2.11. The number of allylic oxidation sites excluding steroid dienone is 6. The summed E-state index contributed by atoms with van der Waals surface area (Å²) >= 11 is 0. The van der Waals surface area contributed by atoms with Crippen LogP contribution in [-0.4, -0.2) is 29.2 Å². The molecule has 5 heterocycles. The van der Waals surface area contributed by atoms with Gasteiger partial charge >= 0.3 is 0 Å². The molecule has 1 N–H and O–H groups in total. The normalized spacial score (nSPS) is 38.8. The zero-order valence-electron chi connectivity index (χ0n) is 13.4. The quantitative estimate of drug-likeness (QED) is 0.732. The largest absolute Gasteiger partial charge is 0.362 e. The number of hydrogen-bond donors (Lipinski definition) is 1. The van der Waals surface area contributed by atoms with Crippen LogP contribution >= 0.6 is 0 Å². The first-order valence-electron chi connectivity index (χ1n) is 8.91. The Morgan fingerprint density at radius 3 is 2.09 bits per heavy atom. The molecule has 4 heteroatoms. The van der Waals surface area contributed by atoms with Crippen LogP contribution in [0, 0.1) is 0 Å². The van der Waals surface area contributed by atoms with Gasteiger partial charge in [-0.2, -0.15) is 0 Å². The van der Waals surface area contributed by atoms with Gasteiger partial charge in [-0.15, -0.1) is 0 Å². The summed E-state index contributed by atoms with van der Waals surface area (Å²) in [4.78, 5) is 14.7. The molecule has 5 aliphatic heterocycles. The molecule has 23 heavy (non-hydrogen) atoms. The summed E-state index contributed by atoms with van der Waals surface area (Å²) < 4.78 is 0. The Kier molecular flexibility index (Phi) is 3.10. The zero-order valence-corrected chi connectivity index (χ0v) is 13.4. The van der Waals surface area contributed by atoms with Gasteiger partial charge in [0.1, 0.15) is 0 Å². The zero-order chi connectivity index (χ0) is 15.2. The summed E-state index contributed by atoms with van der Waals surface area (Å²) in [6.07, 6.45) is 15.6. The first-order valence-corrected chi connectivity index (χ1v) is 8.91. The van der Waals surface area contributed by atoms with Gasteiger partial charge in [0, 0.05) is 34.2 Å². The molecule has 2 atom stereocenters. The number of rotatable bonds is 0. The van der Waals surface area contributed by atoms with Gasteiger partial charge in [-0.1, -0.05) is 0 Å². The molecule has 5 aliphatic rings. The van der Waals surface area contributed by atoms with E-state index in [1.807, 2.05) is 0 Å². The Bertz CT molecular complexity index is 732. The average molecular weight is 306 g/mol. The minimum Gasteiger partial charge on any atom is -0.362 e. The Labute approximate surface area is 136 Å². The van der Waals surface area contributed by atoms with E-state index in [1.165, 1.54) is 34.2 Å². The van der Waals surface area contributed by atoms with E-state index in [9.17, 15) is 0 Å². The van der Waals surface area contributed by atoms with Crippen molar-refractivity contribution in [2.75, 3.05) is 0 Å². The summed E-state index contributed by atoms with van der Waals surface area (Å²) in [5, 5.41) is 3.57. The molecule has 0 aromatic rings. The molecule has 0 saturated carbocycles. The topological polar surface area (TPSA) is 49.1 Å². The smallest absolute Gasteiger partial charge is 0.0730 e. The van der Waals surface area contributed by atoms with Crippen molar-refractivity contribution < 1.29 is 0 Å². The van der Waals surface area contributed by atoms with Crippen LogP contribution in [0.25, 0.3) is 0 Å². The minimum absolute atomic E-state index is 0.387. The van der Waals surface area contributed by atoms with Crippen molar-refractivity contribution in [3.05, 3.63) is 35.3 Å². The van der Waals surface area contributed by atoms with E-state index in [0.29, 0.717) is 12.1 Å². The SMILES string of the molecule is C1=C2/CCC(=N2)/C=C2/CC/C(=C/C3=N[C@H](CC3)[C@H]3CCC/1=N3)N2. The molecule has 0 radical (unpaired) electrons. The third-order valence-electron chi connectivity index (χ3n) is 5.42. The molecule has 1 fully saturated rings. The van der Waals surface area contributed by atoms with Gasteiger partial charge < -0.3 is 5.32 Å². The Morgan fingerprint density at radius 1 is 0.696 bits per heavy atom. The van der Waals surface area contributed by atoms with Gasteiger partial charge in [0.2, 0.25) is 0 Å². The van der Waals surface area contributed by atoms with Crippen LogP contribution in [-0.2, 0) is 0 Å². The Hall–Kier alpha value is -1.97. The molecular weight excluding hydrogens is 284 g/mol. The lowest BCUT2D eigenvalue weighted by Crippen LogP contribution is -2.17. The molecule has 0 aromatic carbocycles. The molecule has 118 valence electrons. The van der Waals surface area contributed by atoms with Crippen LogP contribution in [0.2, 0.25) is 0 Å². The van der Waals surface area contributed by atoms with E-state index in [-0.39, 0.29) is 0 Å². The third kappa shape index (κ3) is 2.60. The third-order valence-corrected chi connectivity index (χ3v) is 5.42. The maximum absolute atomic E-state index is 4.97. The van der Waals surface area contributed by atoms with E-state index in [1.54, 1.807) is 0 Å². The van der Waals surface area contributed by atoms with E-state index in [2.05, 4.69) is 23.5 Å². The number of fused-ring (bicyclic) bond motifs is 6. The van der Waals surface area contributed by atoms with Crippen LogP contribution in [0.3, 0.4) is 0 Å². The van der Waals surface area contributed by atoms with Crippen LogP contribution < -0.4 is 5.32 Å². The highest BCUT2D eigenvalue weighted by Crippen LogP contribution is 2.30. The second-order valence-electron chi connectivity index (χ2n) is 7.16. The fourth-order valence-corrected chi connectivity index (χ4v) is 4.22. The van der Waals surface area contributed by atoms with Crippen LogP contribution in [0.15, 0.2) is 50.3 Å². The maximum Gasteiger partial charge on any atom is 0.0730 e. The number of nitrogens with zero attached hydrogens (tertiary/aromatic N) is 3. The Balaban J connectivity index is 1.55. The number of nitrogens with one attached hydrogen (secondary N) is 1. The van der Waals surface area contributed by atoms with Gasteiger partial charge in [0.25, 0.3) is 0 Å². The number of hydrogen-bond acceptors (Lipinski definition) is 4. The predicted molar refractivity (Wildman–Crippen MR) is 94.2 cm³/mol. The minimum atomic E-state index is 0.387. The second kappa shape index (κ2) is 5.29. The maximum atomic E-state index is 4.97. The summed E-state index contributed by atoms with van der Waals surface area (Å²) in [5.74, 6) is 0.